The topological polar surface area (TPSA) is 112 Å². The Labute approximate surface area is 337 Å². The number of fused-ring (bicyclic) bond motifs is 1. The van der Waals surface area contributed by atoms with E-state index in [1.807, 2.05) is 11.0 Å². The van der Waals surface area contributed by atoms with Crippen LogP contribution in [0.2, 0.25) is 0 Å². The summed E-state index contributed by atoms with van der Waals surface area (Å²) in [5.74, 6) is 0.615. The van der Waals surface area contributed by atoms with Crippen LogP contribution in [0.1, 0.15) is 83.5 Å². The molecule has 0 bridgehead atoms. The second kappa shape index (κ2) is 16.5. The number of rotatable bonds is 9. The van der Waals surface area contributed by atoms with Crippen molar-refractivity contribution in [1.82, 2.24) is 15.1 Å². The van der Waals surface area contributed by atoms with Crippen molar-refractivity contribution in [1.29, 1.82) is 5.26 Å². The molecule has 5 aliphatic rings. The van der Waals surface area contributed by atoms with Crippen LogP contribution in [0.5, 0.6) is 5.75 Å². The van der Waals surface area contributed by atoms with Crippen molar-refractivity contribution in [2.45, 2.75) is 69.6 Å². The van der Waals surface area contributed by atoms with Gasteiger partial charge in [0.1, 0.15) is 11.8 Å². The highest BCUT2D eigenvalue weighted by atomic mass is 19.4. The average Bonchev–Trinajstić information content (AvgIpc) is 3.58. The molecule has 0 aromatic heterocycles. The standard InChI is InChI=1S/C44H50F3N7O4/c1-58-39-26-36(24-33-28-54(43(57)41(33)39)38-8-9-40(55)49-42(38)56)53-22-20-50(21-23-53)15-10-29-11-16-51(17-12-29)34-5-2-30(3-6-34)31-13-18-52(19-14-31)35-7-4-32(27-48)37(25-35)44(45,46)47/h2-7,24-26,29,31,38H,8-23,28H2,1H3,(H,49,55,56). The van der Waals surface area contributed by atoms with Gasteiger partial charge in [-0.15, -0.1) is 0 Å². The van der Waals surface area contributed by atoms with E-state index in [1.54, 1.807) is 24.1 Å². The van der Waals surface area contributed by atoms with Gasteiger partial charge in [0.25, 0.3) is 5.91 Å². The molecule has 5 heterocycles. The fourth-order valence-corrected chi connectivity index (χ4v) is 9.56. The van der Waals surface area contributed by atoms with Crippen LogP contribution < -0.4 is 24.8 Å². The number of piperazine rings is 1. The molecule has 3 amide bonds. The Bertz CT molecular complexity index is 2060. The molecule has 0 aliphatic carbocycles. The number of nitriles is 1. The number of hydrogen-bond donors (Lipinski definition) is 1. The molecule has 8 rings (SSSR count). The molecule has 11 nitrogen and oxygen atoms in total. The Hall–Kier alpha value is -5.29. The van der Waals surface area contributed by atoms with Crippen LogP contribution in [0.15, 0.2) is 54.6 Å². The lowest BCUT2D eigenvalue weighted by atomic mass is 9.88. The minimum Gasteiger partial charge on any atom is -0.496 e. The monoisotopic (exact) mass is 797 g/mol. The fourth-order valence-electron chi connectivity index (χ4n) is 9.56. The number of amides is 3. The summed E-state index contributed by atoms with van der Waals surface area (Å²) in [6, 6.07) is 17.9. The third kappa shape index (κ3) is 8.19. The molecule has 4 saturated heterocycles. The summed E-state index contributed by atoms with van der Waals surface area (Å²) in [5.41, 5.74) is 4.19. The van der Waals surface area contributed by atoms with Crippen LogP contribution in [0, 0.1) is 17.2 Å². The Morgan fingerprint density at radius 3 is 2.10 bits per heavy atom. The molecule has 0 saturated carbocycles. The third-order valence-electron chi connectivity index (χ3n) is 13.0. The number of anilines is 3. The number of alkyl halides is 3. The number of nitrogens with zero attached hydrogens (tertiary/aromatic N) is 6. The summed E-state index contributed by atoms with van der Waals surface area (Å²) in [5, 5.41) is 11.5. The van der Waals surface area contributed by atoms with E-state index < -0.39 is 23.7 Å². The largest absolute Gasteiger partial charge is 0.496 e. The van der Waals surface area contributed by atoms with E-state index in [9.17, 15) is 27.6 Å². The van der Waals surface area contributed by atoms with Crippen LogP contribution in [0.3, 0.4) is 0 Å². The summed E-state index contributed by atoms with van der Waals surface area (Å²) in [6.45, 7) is 8.46. The van der Waals surface area contributed by atoms with E-state index >= 15 is 0 Å². The Morgan fingerprint density at radius 2 is 1.45 bits per heavy atom. The molecule has 3 aromatic rings. The number of carbonyl (C=O) groups excluding carboxylic acids is 3. The SMILES string of the molecule is COc1cc(N2CCN(CCC3CCN(c4ccc(C5CCN(c6ccc(C#N)c(C(F)(F)F)c6)CC5)cc4)CC3)CC2)cc2c1C(=O)N(C1CCC(=O)NC1=O)C2. The van der Waals surface area contributed by atoms with E-state index in [0.29, 0.717) is 54.9 Å². The minimum atomic E-state index is -4.56. The van der Waals surface area contributed by atoms with Crippen LogP contribution in [-0.2, 0) is 22.3 Å². The molecule has 1 atom stereocenters. The number of methoxy groups -OCH3 is 1. The maximum absolute atomic E-state index is 13.5. The molecular weight excluding hydrogens is 748 g/mol. The van der Waals surface area contributed by atoms with Gasteiger partial charge in [-0.3, -0.25) is 24.6 Å². The van der Waals surface area contributed by atoms with E-state index in [1.165, 1.54) is 23.7 Å². The molecule has 14 heteroatoms. The highest BCUT2D eigenvalue weighted by molar-refractivity contribution is 6.06. The van der Waals surface area contributed by atoms with Crippen LogP contribution in [0.25, 0.3) is 0 Å². The summed E-state index contributed by atoms with van der Waals surface area (Å²) in [7, 11) is 1.57. The summed E-state index contributed by atoms with van der Waals surface area (Å²) >= 11 is 0. The van der Waals surface area contributed by atoms with Gasteiger partial charge in [0.2, 0.25) is 11.8 Å². The molecule has 58 heavy (non-hydrogen) atoms. The number of nitrogens with one attached hydrogen (secondary N) is 1. The van der Waals surface area contributed by atoms with Crippen molar-refractivity contribution < 1.29 is 32.3 Å². The molecule has 0 radical (unpaired) electrons. The second-order valence-electron chi connectivity index (χ2n) is 16.3. The second-order valence-corrected chi connectivity index (χ2v) is 16.3. The van der Waals surface area contributed by atoms with E-state index in [2.05, 4.69) is 50.3 Å². The molecular formula is C44H50F3N7O4. The number of halogens is 3. The number of benzene rings is 3. The predicted octanol–water partition coefficient (Wildman–Crippen LogP) is 6.16. The van der Waals surface area contributed by atoms with Crippen molar-refractivity contribution in [3.63, 3.8) is 0 Å². The first-order valence-corrected chi connectivity index (χ1v) is 20.5. The quantitative estimate of drug-likeness (QED) is 0.255. The lowest BCUT2D eigenvalue weighted by Crippen LogP contribution is -2.52. The Kier molecular flexibility index (Phi) is 11.3. The molecule has 4 fully saturated rings. The number of hydrogen-bond acceptors (Lipinski definition) is 9. The van der Waals surface area contributed by atoms with Gasteiger partial charge >= 0.3 is 6.18 Å². The third-order valence-corrected chi connectivity index (χ3v) is 13.0. The normalized spacial score (nSPS) is 21.3. The van der Waals surface area contributed by atoms with Gasteiger partial charge in [-0.1, -0.05) is 12.1 Å². The van der Waals surface area contributed by atoms with Gasteiger partial charge in [0, 0.05) is 88.5 Å². The zero-order valence-electron chi connectivity index (χ0n) is 32.9. The minimum absolute atomic E-state index is 0.218. The van der Waals surface area contributed by atoms with Gasteiger partial charge in [-0.25, -0.2) is 0 Å². The molecule has 1 N–H and O–H groups in total. The number of imide groups is 1. The first kappa shape index (κ1) is 39.5. The highest BCUT2D eigenvalue weighted by Crippen LogP contribution is 2.39. The lowest BCUT2D eigenvalue weighted by Gasteiger charge is -2.38. The zero-order valence-corrected chi connectivity index (χ0v) is 32.9. The number of piperidine rings is 3. The van der Waals surface area contributed by atoms with E-state index in [0.717, 1.165) is 88.8 Å². The maximum Gasteiger partial charge on any atom is 0.417 e. The van der Waals surface area contributed by atoms with E-state index in [4.69, 9.17) is 10.00 Å². The van der Waals surface area contributed by atoms with Crippen LogP contribution in [0.4, 0.5) is 30.2 Å². The van der Waals surface area contributed by atoms with Crippen molar-refractivity contribution in [3.8, 4) is 11.8 Å². The van der Waals surface area contributed by atoms with Crippen molar-refractivity contribution >= 4 is 34.8 Å². The zero-order chi connectivity index (χ0) is 40.6. The van der Waals surface area contributed by atoms with Crippen molar-refractivity contribution in [2.24, 2.45) is 5.92 Å². The van der Waals surface area contributed by atoms with Crippen molar-refractivity contribution in [2.75, 3.05) is 80.7 Å². The lowest BCUT2D eigenvalue weighted by molar-refractivity contribution is -0.138. The van der Waals surface area contributed by atoms with Gasteiger partial charge in [-0.05, 0) is 104 Å². The maximum atomic E-state index is 13.5. The van der Waals surface area contributed by atoms with Gasteiger partial charge in [-0.2, -0.15) is 18.4 Å². The first-order valence-electron chi connectivity index (χ1n) is 20.5. The molecule has 0 spiro atoms. The summed E-state index contributed by atoms with van der Waals surface area (Å²) in [6.07, 6.45) is 1.21. The Balaban J connectivity index is 0.771. The highest BCUT2D eigenvalue weighted by Gasteiger charge is 2.41. The molecule has 5 aliphatic heterocycles. The summed E-state index contributed by atoms with van der Waals surface area (Å²) < 4.78 is 46.3. The number of carbonyl (C=O) groups is 3. The number of ether oxygens (including phenoxy) is 1. The van der Waals surface area contributed by atoms with Crippen LogP contribution >= 0.6 is 0 Å². The smallest absolute Gasteiger partial charge is 0.417 e. The van der Waals surface area contributed by atoms with Gasteiger partial charge in [0.05, 0.1) is 29.9 Å². The van der Waals surface area contributed by atoms with Gasteiger partial charge in [0.15, 0.2) is 0 Å². The molecule has 1 unspecified atom stereocenters. The van der Waals surface area contributed by atoms with Crippen molar-refractivity contribution in [3.05, 3.63) is 82.4 Å². The van der Waals surface area contributed by atoms with E-state index in [-0.39, 0.29) is 23.8 Å². The van der Waals surface area contributed by atoms with Gasteiger partial charge < -0.3 is 24.3 Å². The summed E-state index contributed by atoms with van der Waals surface area (Å²) in [4.78, 5) is 48.6. The fraction of sp³-hybridized carbons (Fsp3) is 0.500. The molecule has 3 aromatic carbocycles. The average molecular weight is 798 g/mol. The molecule has 306 valence electrons. The van der Waals surface area contributed by atoms with Crippen LogP contribution in [-0.4, -0.2) is 99.6 Å². The Morgan fingerprint density at radius 1 is 0.793 bits per heavy atom. The first-order chi connectivity index (χ1) is 28.0. The predicted molar refractivity (Wildman–Crippen MR) is 214 cm³/mol.